The highest BCUT2D eigenvalue weighted by molar-refractivity contribution is 5.55. The number of rotatable bonds is 2. The fourth-order valence-corrected chi connectivity index (χ4v) is 2.20. The Morgan fingerprint density at radius 3 is 2.88 bits per heavy atom. The van der Waals surface area contributed by atoms with Crippen molar-refractivity contribution >= 4 is 11.6 Å². The number of aromatic nitrogens is 2. The van der Waals surface area contributed by atoms with Gasteiger partial charge in [-0.1, -0.05) is 0 Å². The largest absolute Gasteiger partial charge is 0.383 e. The van der Waals surface area contributed by atoms with E-state index in [4.69, 9.17) is 10.5 Å². The molecule has 0 aromatic carbocycles. The minimum atomic E-state index is 0.237. The van der Waals surface area contributed by atoms with E-state index in [0.717, 1.165) is 24.4 Å². The van der Waals surface area contributed by atoms with Gasteiger partial charge in [-0.15, -0.1) is 0 Å². The third-order valence-electron chi connectivity index (χ3n) is 3.26. The smallest absolute Gasteiger partial charge is 0.137 e. The van der Waals surface area contributed by atoms with Crippen molar-refractivity contribution in [1.82, 2.24) is 9.97 Å². The zero-order valence-corrected chi connectivity index (χ0v) is 9.97. The molecular weight excluding hydrogens is 204 g/mol. The number of nitrogen functional groups attached to an aromatic ring is 1. The average molecular weight is 222 g/mol. The summed E-state index contributed by atoms with van der Waals surface area (Å²) in [5, 5.41) is 0. The Labute approximate surface area is 95.6 Å². The highest BCUT2D eigenvalue weighted by Gasteiger charge is 2.29. The van der Waals surface area contributed by atoms with Gasteiger partial charge in [0.05, 0.1) is 12.1 Å². The summed E-state index contributed by atoms with van der Waals surface area (Å²) in [6.07, 6.45) is 2.77. The summed E-state index contributed by atoms with van der Waals surface area (Å²) in [5.41, 5.74) is 6.72. The van der Waals surface area contributed by atoms with Crippen molar-refractivity contribution in [2.45, 2.75) is 32.4 Å². The SMILES string of the molecule is Cc1c(N)ncnc1N(C)C1CCOC1C. The molecule has 1 aliphatic rings. The zero-order chi connectivity index (χ0) is 11.7. The van der Waals surface area contributed by atoms with E-state index >= 15 is 0 Å². The summed E-state index contributed by atoms with van der Waals surface area (Å²) >= 11 is 0. The van der Waals surface area contributed by atoms with Gasteiger partial charge in [0.25, 0.3) is 0 Å². The number of hydrogen-bond donors (Lipinski definition) is 1. The first kappa shape index (κ1) is 11.1. The van der Waals surface area contributed by atoms with Crippen molar-refractivity contribution in [3.63, 3.8) is 0 Å². The molecule has 16 heavy (non-hydrogen) atoms. The van der Waals surface area contributed by atoms with Crippen LogP contribution in [0.1, 0.15) is 18.9 Å². The fourth-order valence-electron chi connectivity index (χ4n) is 2.20. The van der Waals surface area contributed by atoms with Crippen molar-refractivity contribution in [2.75, 3.05) is 24.3 Å². The molecule has 2 N–H and O–H groups in total. The van der Waals surface area contributed by atoms with Crippen molar-refractivity contribution in [1.29, 1.82) is 0 Å². The molecule has 2 unspecified atom stereocenters. The summed E-state index contributed by atoms with van der Waals surface area (Å²) in [5.74, 6) is 1.44. The minimum Gasteiger partial charge on any atom is -0.383 e. The van der Waals surface area contributed by atoms with Crippen LogP contribution >= 0.6 is 0 Å². The predicted molar refractivity (Wildman–Crippen MR) is 63.4 cm³/mol. The van der Waals surface area contributed by atoms with E-state index in [1.807, 2.05) is 14.0 Å². The van der Waals surface area contributed by atoms with Crippen LogP contribution in [0.3, 0.4) is 0 Å². The Hall–Kier alpha value is -1.36. The molecule has 1 fully saturated rings. The van der Waals surface area contributed by atoms with Crippen molar-refractivity contribution in [3.05, 3.63) is 11.9 Å². The summed E-state index contributed by atoms with van der Waals surface area (Å²) in [6.45, 7) is 4.85. The van der Waals surface area contributed by atoms with E-state index in [1.165, 1.54) is 6.33 Å². The van der Waals surface area contributed by atoms with E-state index in [-0.39, 0.29) is 6.10 Å². The first-order valence-electron chi connectivity index (χ1n) is 5.52. The Morgan fingerprint density at radius 2 is 2.25 bits per heavy atom. The molecule has 0 bridgehead atoms. The maximum absolute atomic E-state index is 5.78. The van der Waals surface area contributed by atoms with Gasteiger partial charge in [0.1, 0.15) is 18.0 Å². The van der Waals surface area contributed by atoms with Crippen LogP contribution in [0.2, 0.25) is 0 Å². The highest BCUT2D eigenvalue weighted by Crippen LogP contribution is 2.26. The van der Waals surface area contributed by atoms with Gasteiger partial charge < -0.3 is 15.4 Å². The van der Waals surface area contributed by atoms with Crippen LogP contribution in [-0.4, -0.2) is 35.8 Å². The molecule has 1 aromatic heterocycles. The topological polar surface area (TPSA) is 64.3 Å². The molecular formula is C11H18N4O. The number of likely N-dealkylation sites (N-methyl/N-ethyl adjacent to an activating group) is 1. The first-order chi connectivity index (χ1) is 7.61. The lowest BCUT2D eigenvalue weighted by molar-refractivity contribution is 0.118. The standard InChI is InChI=1S/C11H18N4O/c1-7-10(12)13-6-14-11(7)15(3)9-4-5-16-8(9)2/h6,8-9H,4-5H2,1-3H3,(H2,12,13,14). The van der Waals surface area contributed by atoms with E-state index < -0.39 is 0 Å². The zero-order valence-electron chi connectivity index (χ0n) is 9.97. The molecule has 88 valence electrons. The number of nitrogens with zero attached hydrogens (tertiary/aromatic N) is 3. The second-order valence-electron chi connectivity index (χ2n) is 4.25. The molecule has 1 saturated heterocycles. The normalized spacial score (nSPS) is 24.7. The third kappa shape index (κ3) is 1.82. The Bertz CT molecular complexity index is 382. The average Bonchev–Trinajstić information content (AvgIpc) is 2.68. The number of anilines is 2. The molecule has 0 saturated carbocycles. The summed E-state index contributed by atoms with van der Waals surface area (Å²) in [6, 6.07) is 0.369. The van der Waals surface area contributed by atoms with E-state index in [2.05, 4.69) is 21.8 Å². The van der Waals surface area contributed by atoms with Crippen molar-refractivity contribution < 1.29 is 4.74 Å². The lowest BCUT2D eigenvalue weighted by Gasteiger charge is -2.28. The first-order valence-corrected chi connectivity index (χ1v) is 5.52. The maximum Gasteiger partial charge on any atom is 0.137 e. The highest BCUT2D eigenvalue weighted by atomic mass is 16.5. The van der Waals surface area contributed by atoms with Gasteiger partial charge in [-0.3, -0.25) is 0 Å². The molecule has 0 spiro atoms. The minimum absolute atomic E-state index is 0.237. The molecule has 5 heteroatoms. The van der Waals surface area contributed by atoms with Gasteiger partial charge in [0.15, 0.2) is 0 Å². The van der Waals surface area contributed by atoms with Crippen LogP contribution < -0.4 is 10.6 Å². The number of hydrogen-bond acceptors (Lipinski definition) is 5. The third-order valence-corrected chi connectivity index (χ3v) is 3.26. The molecule has 1 aromatic rings. The lowest BCUT2D eigenvalue weighted by atomic mass is 10.1. The van der Waals surface area contributed by atoms with Gasteiger partial charge in [0.2, 0.25) is 0 Å². The Balaban J connectivity index is 2.26. The number of ether oxygens (including phenoxy) is 1. The van der Waals surface area contributed by atoms with Crippen LogP contribution in [-0.2, 0) is 4.74 Å². The van der Waals surface area contributed by atoms with Crippen molar-refractivity contribution in [2.24, 2.45) is 0 Å². The lowest BCUT2D eigenvalue weighted by Crippen LogP contribution is -2.37. The van der Waals surface area contributed by atoms with Gasteiger partial charge >= 0.3 is 0 Å². The van der Waals surface area contributed by atoms with E-state index in [9.17, 15) is 0 Å². The van der Waals surface area contributed by atoms with Crippen LogP contribution in [0.15, 0.2) is 6.33 Å². The summed E-state index contributed by atoms with van der Waals surface area (Å²) < 4.78 is 5.56. The van der Waals surface area contributed by atoms with Gasteiger partial charge in [-0.05, 0) is 20.3 Å². The number of nitrogens with two attached hydrogens (primary N) is 1. The van der Waals surface area contributed by atoms with Crippen LogP contribution in [0.25, 0.3) is 0 Å². The maximum atomic E-state index is 5.78. The molecule has 0 aliphatic carbocycles. The van der Waals surface area contributed by atoms with Crippen molar-refractivity contribution in [3.8, 4) is 0 Å². The van der Waals surface area contributed by atoms with Crippen LogP contribution in [0.5, 0.6) is 0 Å². The summed E-state index contributed by atoms with van der Waals surface area (Å²) in [4.78, 5) is 10.4. The molecule has 2 rings (SSSR count). The summed E-state index contributed by atoms with van der Waals surface area (Å²) in [7, 11) is 2.03. The molecule has 5 nitrogen and oxygen atoms in total. The molecule has 2 heterocycles. The molecule has 0 amide bonds. The van der Waals surface area contributed by atoms with Gasteiger partial charge in [-0.2, -0.15) is 0 Å². The fraction of sp³-hybridized carbons (Fsp3) is 0.636. The molecule has 1 aliphatic heterocycles. The van der Waals surface area contributed by atoms with Crippen LogP contribution in [0.4, 0.5) is 11.6 Å². The molecule has 0 radical (unpaired) electrons. The second-order valence-corrected chi connectivity index (χ2v) is 4.25. The second kappa shape index (κ2) is 4.25. The Kier molecular flexibility index (Phi) is 2.96. The van der Waals surface area contributed by atoms with E-state index in [0.29, 0.717) is 11.9 Å². The van der Waals surface area contributed by atoms with E-state index in [1.54, 1.807) is 0 Å². The monoisotopic (exact) mass is 222 g/mol. The molecule has 2 atom stereocenters. The van der Waals surface area contributed by atoms with Gasteiger partial charge in [0, 0.05) is 19.2 Å². The van der Waals surface area contributed by atoms with Gasteiger partial charge in [-0.25, -0.2) is 9.97 Å². The quantitative estimate of drug-likeness (QED) is 0.808. The Morgan fingerprint density at radius 1 is 1.50 bits per heavy atom. The van der Waals surface area contributed by atoms with Crippen LogP contribution in [0, 0.1) is 6.92 Å². The predicted octanol–water partition coefficient (Wildman–Crippen LogP) is 0.981.